The third-order valence-electron chi connectivity index (χ3n) is 4.73. The Kier molecular flexibility index (Phi) is 11.7. The van der Waals surface area contributed by atoms with Gasteiger partial charge in [0, 0.05) is 6.42 Å². The molecule has 0 saturated carbocycles. The molecule has 1 aromatic rings. The van der Waals surface area contributed by atoms with E-state index in [-0.39, 0.29) is 13.0 Å². The van der Waals surface area contributed by atoms with Gasteiger partial charge in [-0.15, -0.1) is 0 Å². The van der Waals surface area contributed by atoms with Gasteiger partial charge in [0.05, 0.1) is 19.3 Å². The minimum atomic E-state index is -4.97. The van der Waals surface area contributed by atoms with Crippen LogP contribution in [0, 0.1) is 17.2 Å². The number of carbonyl (C=O) groups excluding carboxylic acids is 1. The average molecular weight is 456 g/mol. The number of carbonyl (C=O) groups is 1. The second-order valence-electron chi connectivity index (χ2n) is 7.74. The first-order chi connectivity index (χ1) is 15.1. The van der Waals surface area contributed by atoms with Crippen molar-refractivity contribution >= 4 is 5.97 Å². The van der Waals surface area contributed by atoms with Gasteiger partial charge in [0.1, 0.15) is 11.8 Å². The van der Waals surface area contributed by atoms with Crippen LogP contribution < -0.4 is 4.74 Å². The van der Waals surface area contributed by atoms with E-state index in [0.717, 1.165) is 30.6 Å². The molecule has 0 heterocycles. The van der Waals surface area contributed by atoms with Crippen molar-refractivity contribution in [2.75, 3.05) is 13.2 Å². The van der Waals surface area contributed by atoms with Crippen molar-refractivity contribution in [3.63, 3.8) is 0 Å². The third-order valence-corrected chi connectivity index (χ3v) is 4.73. The lowest BCUT2D eigenvalue weighted by Crippen LogP contribution is -2.23. The topological polar surface area (TPSA) is 68.5 Å². The molecule has 0 aliphatic heterocycles. The van der Waals surface area contributed by atoms with Crippen LogP contribution >= 0.6 is 0 Å². The van der Waals surface area contributed by atoms with Crippen molar-refractivity contribution in [1.29, 1.82) is 5.26 Å². The molecule has 1 unspecified atom stereocenters. The van der Waals surface area contributed by atoms with Crippen LogP contribution in [0.15, 0.2) is 35.6 Å². The number of nitriles is 1. The fourth-order valence-corrected chi connectivity index (χ4v) is 2.89. The summed E-state index contributed by atoms with van der Waals surface area (Å²) in [5.74, 6) is -1.75. The Balaban J connectivity index is 2.64. The van der Waals surface area contributed by atoms with Crippen LogP contribution in [0.25, 0.3) is 0 Å². The monoisotopic (exact) mass is 455 g/mol. The Morgan fingerprint density at radius 2 is 1.81 bits per heavy atom. The smallest absolute Gasteiger partial charge is 0.450 e. The molecule has 0 fully saturated rings. The summed E-state index contributed by atoms with van der Waals surface area (Å²) in [6.45, 7) is 7.52. The first kappa shape index (κ1) is 27.3. The van der Waals surface area contributed by atoms with Gasteiger partial charge in [-0.05, 0) is 43.9 Å². The Morgan fingerprint density at radius 1 is 1.16 bits per heavy atom. The zero-order chi connectivity index (χ0) is 24.1. The second-order valence-corrected chi connectivity index (χ2v) is 7.74. The Labute approximate surface area is 188 Å². The van der Waals surface area contributed by atoms with Gasteiger partial charge >= 0.3 is 12.1 Å². The normalized spacial score (nSPS) is 13.2. The van der Waals surface area contributed by atoms with Crippen LogP contribution in [0.2, 0.25) is 0 Å². The number of nitrogens with zero attached hydrogens (tertiary/aromatic N) is 1. The highest BCUT2D eigenvalue weighted by molar-refractivity contribution is 5.93. The molecule has 178 valence electrons. The standard InChI is InChI=1S/C24H32F3NO4/c1-5-7-8-18(6-2)16-31-20-11-9-19(10-12-20)13-14-30-23(29)21(15-28)22(24(25,26)27)32-17(3)4/h9-12,17-18H,5-8,13-14,16H2,1-4H3/b22-21-. The maximum atomic E-state index is 13.1. The van der Waals surface area contributed by atoms with Gasteiger partial charge in [0.15, 0.2) is 5.57 Å². The first-order valence-electron chi connectivity index (χ1n) is 10.9. The zero-order valence-electron chi connectivity index (χ0n) is 19.1. The van der Waals surface area contributed by atoms with E-state index in [4.69, 9.17) is 14.7 Å². The molecule has 5 nitrogen and oxygen atoms in total. The van der Waals surface area contributed by atoms with E-state index >= 15 is 0 Å². The molecular weight excluding hydrogens is 423 g/mol. The molecule has 0 aromatic heterocycles. The van der Waals surface area contributed by atoms with Gasteiger partial charge in [-0.25, -0.2) is 4.79 Å². The van der Waals surface area contributed by atoms with E-state index in [1.165, 1.54) is 26.3 Å². The minimum absolute atomic E-state index is 0.175. The molecular formula is C24H32F3NO4. The lowest BCUT2D eigenvalue weighted by Gasteiger charge is -2.17. The number of alkyl halides is 3. The average Bonchev–Trinajstić information content (AvgIpc) is 2.74. The number of unbranched alkanes of at least 4 members (excludes halogenated alkanes) is 1. The van der Waals surface area contributed by atoms with E-state index in [1.807, 2.05) is 12.1 Å². The predicted octanol–water partition coefficient (Wildman–Crippen LogP) is 6.13. The molecule has 0 radical (unpaired) electrons. The van der Waals surface area contributed by atoms with Gasteiger partial charge in [-0.2, -0.15) is 18.4 Å². The van der Waals surface area contributed by atoms with E-state index < -0.39 is 29.6 Å². The molecule has 8 heteroatoms. The number of ether oxygens (including phenoxy) is 3. The summed E-state index contributed by atoms with van der Waals surface area (Å²) in [7, 11) is 0. The maximum absolute atomic E-state index is 13.1. The molecule has 0 spiro atoms. The molecule has 0 aliphatic rings. The van der Waals surface area contributed by atoms with Crippen LogP contribution in [0.3, 0.4) is 0 Å². The van der Waals surface area contributed by atoms with Crippen molar-refractivity contribution in [3.8, 4) is 11.8 Å². The SMILES string of the molecule is CCCCC(CC)COc1ccc(CCOC(=O)/C(C#N)=C(\OC(C)C)C(F)(F)F)cc1. The lowest BCUT2D eigenvalue weighted by molar-refractivity contribution is -0.147. The number of hydrogen-bond acceptors (Lipinski definition) is 5. The van der Waals surface area contributed by atoms with Crippen molar-refractivity contribution in [2.45, 2.75) is 72.1 Å². The maximum Gasteiger partial charge on any atom is 0.450 e. The number of rotatable bonds is 13. The summed E-state index contributed by atoms with van der Waals surface area (Å²) in [6, 6.07) is 8.48. The van der Waals surface area contributed by atoms with Gasteiger partial charge in [-0.1, -0.05) is 45.2 Å². The molecule has 0 bridgehead atoms. The molecule has 1 atom stereocenters. The molecule has 0 saturated heterocycles. The summed E-state index contributed by atoms with van der Waals surface area (Å²) < 4.78 is 54.8. The molecule has 1 rings (SSSR count). The predicted molar refractivity (Wildman–Crippen MR) is 115 cm³/mol. The highest BCUT2D eigenvalue weighted by atomic mass is 19.4. The molecule has 0 aliphatic carbocycles. The van der Waals surface area contributed by atoms with Gasteiger partial charge in [0.2, 0.25) is 5.76 Å². The van der Waals surface area contributed by atoms with Crippen molar-refractivity contribution in [2.24, 2.45) is 5.92 Å². The summed E-state index contributed by atoms with van der Waals surface area (Å²) in [5, 5.41) is 9.04. The number of esters is 1. The van der Waals surface area contributed by atoms with Crippen LogP contribution in [0.4, 0.5) is 13.2 Å². The quantitative estimate of drug-likeness (QED) is 0.155. The Bertz CT molecular complexity index is 780. The second kappa shape index (κ2) is 13.7. The third kappa shape index (κ3) is 9.63. The van der Waals surface area contributed by atoms with E-state index in [1.54, 1.807) is 12.1 Å². The fraction of sp³-hybridized carbons (Fsp3) is 0.583. The summed E-state index contributed by atoms with van der Waals surface area (Å²) in [4.78, 5) is 12.0. The number of hydrogen-bond donors (Lipinski definition) is 0. The molecule has 0 amide bonds. The lowest BCUT2D eigenvalue weighted by atomic mass is 10.0. The largest absolute Gasteiger partial charge is 0.493 e. The van der Waals surface area contributed by atoms with Crippen LogP contribution in [-0.2, 0) is 20.7 Å². The Hall–Kier alpha value is -2.69. The molecule has 1 aromatic carbocycles. The first-order valence-corrected chi connectivity index (χ1v) is 10.9. The Morgan fingerprint density at radius 3 is 2.31 bits per heavy atom. The number of allylic oxidation sites excluding steroid dienone is 1. The van der Waals surface area contributed by atoms with Crippen LogP contribution in [-0.4, -0.2) is 31.5 Å². The zero-order valence-corrected chi connectivity index (χ0v) is 19.1. The summed E-state index contributed by atoms with van der Waals surface area (Å²) >= 11 is 0. The molecule has 32 heavy (non-hydrogen) atoms. The number of halogens is 3. The van der Waals surface area contributed by atoms with Crippen molar-refractivity contribution < 1.29 is 32.2 Å². The van der Waals surface area contributed by atoms with Crippen molar-refractivity contribution in [3.05, 3.63) is 41.2 Å². The summed E-state index contributed by atoms with van der Waals surface area (Å²) in [6.07, 6.45) is -1.03. The van der Waals surface area contributed by atoms with E-state index in [0.29, 0.717) is 12.5 Å². The summed E-state index contributed by atoms with van der Waals surface area (Å²) in [5.41, 5.74) is -0.372. The van der Waals surface area contributed by atoms with Gasteiger partial charge in [-0.3, -0.25) is 0 Å². The number of benzene rings is 1. The fourth-order valence-electron chi connectivity index (χ4n) is 2.89. The van der Waals surface area contributed by atoms with Crippen LogP contribution in [0.5, 0.6) is 5.75 Å². The highest BCUT2D eigenvalue weighted by Crippen LogP contribution is 2.30. The van der Waals surface area contributed by atoms with E-state index in [9.17, 15) is 18.0 Å². The molecule has 0 N–H and O–H groups in total. The minimum Gasteiger partial charge on any atom is -0.493 e. The van der Waals surface area contributed by atoms with Gasteiger partial charge in [0.25, 0.3) is 0 Å². The van der Waals surface area contributed by atoms with Gasteiger partial charge < -0.3 is 14.2 Å². The van der Waals surface area contributed by atoms with Crippen LogP contribution in [0.1, 0.15) is 58.9 Å². The van der Waals surface area contributed by atoms with Crippen molar-refractivity contribution in [1.82, 2.24) is 0 Å². The highest BCUT2D eigenvalue weighted by Gasteiger charge is 2.42. The van der Waals surface area contributed by atoms with E-state index in [2.05, 4.69) is 18.6 Å².